The highest BCUT2D eigenvalue weighted by atomic mass is 32.1. The van der Waals surface area contributed by atoms with Crippen molar-refractivity contribution < 1.29 is 4.52 Å². The number of rotatable bonds is 4. The maximum atomic E-state index is 5.41. The van der Waals surface area contributed by atoms with Gasteiger partial charge in [-0.25, -0.2) is 4.98 Å². The fraction of sp³-hybridized carbons (Fsp3) is 0.500. The molecule has 5 nitrogen and oxygen atoms in total. The van der Waals surface area contributed by atoms with Crippen molar-refractivity contribution >= 4 is 21.6 Å². The van der Waals surface area contributed by atoms with Crippen LogP contribution >= 0.6 is 11.3 Å². The smallest absolute Gasteiger partial charge is 0.240 e. The van der Waals surface area contributed by atoms with Gasteiger partial charge in [-0.15, -0.1) is 11.3 Å². The molecule has 0 N–H and O–H groups in total. The molecule has 1 aromatic carbocycles. The number of likely N-dealkylation sites (tertiary alicyclic amines) is 1. The molecule has 0 unspecified atom stereocenters. The van der Waals surface area contributed by atoms with Crippen molar-refractivity contribution in [2.24, 2.45) is 0 Å². The number of piperidine rings is 1. The maximum Gasteiger partial charge on any atom is 0.240 e. The Hall–Kier alpha value is -1.79. The zero-order valence-electron chi connectivity index (χ0n) is 13.5. The Morgan fingerprint density at radius 1 is 1.04 bits per heavy atom. The molecule has 2 aliphatic rings. The molecule has 5 rings (SSSR count). The second-order valence-electron chi connectivity index (χ2n) is 6.89. The van der Waals surface area contributed by atoms with Crippen LogP contribution in [-0.4, -0.2) is 33.1 Å². The van der Waals surface area contributed by atoms with E-state index in [1.807, 2.05) is 11.3 Å². The minimum absolute atomic E-state index is 0.562. The van der Waals surface area contributed by atoms with Crippen molar-refractivity contribution in [3.8, 4) is 0 Å². The zero-order chi connectivity index (χ0) is 15.9. The van der Waals surface area contributed by atoms with Gasteiger partial charge in [0.2, 0.25) is 5.89 Å². The number of hydrogen-bond donors (Lipinski definition) is 0. The molecule has 1 aliphatic carbocycles. The molecule has 2 fully saturated rings. The van der Waals surface area contributed by atoms with E-state index in [1.165, 1.54) is 22.5 Å². The Morgan fingerprint density at radius 2 is 1.88 bits per heavy atom. The van der Waals surface area contributed by atoms with Gasteiger partial charge < -0.3 is 4.52 Å². The summed E-state index contributed by atoms with van der Waals surface area (Å²) in [5.74, 6) is 2.83. The van der Waals surface area contributed by atoms with Crippen LogP contribution in [0.4, 0.5) is 0 Å². The third kappa shape index (κ3) is 2.84. The minimum atomic E-state index is 0.562. The van der Waals surface area contributed by atoms with Gasteiger partial charge in [-0.2, -0.15) is 4.98 Å². The topological polar surface area (TPSA) is 55.1 Å². The van der Waals surface area contributed by atoms with E-state index >= 15 is 0 Å². The van der Waals surface area contributed by atoms with Crippen LogP contribution in [0.2, 0.25) is 0 Å². The average molecular weight is 340 g/mol. The van der Waals surface area contributed by atoms with E-state index in [-0.39, 0.29) is 0 Å². The molecule has 1 aliphatic heterocycles. The molecule has 124 valence electrons. The van der Waals surface area contributed by atoms with E-state index in [2.05, 4.69) is 39.3 Å². The van der Waals surface area contributed by atoms with Gasteiger partial charge in [0.05, 0.1) is 21.8 Å². The van der Waals surface area contributed by atoms with Crippen LogP contribution in [0.25, 0.3) is 10.2 Å². The SMILES string of the molecule is c1ccc2sc(C3CCN(Cc4nc(C5CC5)no4)CC3)nc2c1. The minimum Gasteiger partial charge on any atom is -0.338 e. The monoisotopic (exact) mass is 340 g/mol. The van der Waals surface area contributed by atoms with Gasteiger partial charge in [0.15, 0.2) is 5.82 Å². The summed E-state index contributed by atoms with van der Waals surface area (Å²) < 4.78 is 6.71. The van der Waals surface area contributed by atoms with Crippen molar-refractivity contribution in [2.45, 2.75) is 44.1 Å². The van der Waals surface area contributed by atoms with E-state index in [0.29, 0.717) is 11.8 Å². The fourth-order valence-electron chi connectivity index (χ4n) is 3.43. The lowest BCUT2D eigenvalue weighted by atomic mass is 9.97. The lowest BCUT2D eigenvalue weighted by Gasteiger charge is -2.29. The molecular formula is C18H20N4OS. The first kappa shape index (κ1) is 14.5. The Bertz CT molecular complexity index is 812. The number of thiazole rings is 1. The van der Waals surface area contributed by atoms with E-state index < -0.39 is 0 Å². The van der Waals surface area contributed by atoms with Gasteiger partial charge in [-0.3, -0.25) is 4.90 Å². The number of nitrogens with zero attached hydrogens (tertiary/aromatic N) is 4. The molecule has 0 amide bonds. The molecule has 0 atom stereocenters. The summed E-state index contributed by atoms with van der Waals surface area (Å²) in [4.78, 5) is 11.8. The Kier molecular flexibility index (Phi) is 3.60. The Balaban J connectivity index is 1.21. The maximum absolute atomic E-state index is 5.41. The van der Waals surface area contributed by atoms with Crippen molar-refractivity contribution in [3.63, 3.8) is 0 Å². The van der Waals surface area contributed by atoms with Crippen LogP contribution < -0.4 is 0 Å². The summed E-state index contributed by atoms with van der Waals surface area (Å²) in [5, 5.41) is 5.41. The van der Waals surface area contributed by atoms with Crippen LogP contribution in [0.3, 0.4) is 0 Å². The molecule has 0 bridgehead atoms. The standard InChI is InChI=1S/C18H20N4OS/c1-2-4-15-14(3-1)19-18(24-15)13-7-9-22(10-8-13)11-16-20-17(21-23-16)12-5-6-12/h1-4,12-13H,5-11H2. The Labute approximate surface area is 144 Å². The molecule has 1 saturated heterocycles. The fourth-order valence-corrected chi connectivity index (χ4v) is 4.57. The zero-order valence-corrected chi connectivity index (χ0v) is 14.3. The second kappa shape index (κ2) is 5.93. The van der Waals surface area contributed by atoms with Crippen molar-refractivity contribution in [3.05, 3.63) is 41.0 Å². The first-order valence-corrected chi connectivity index (χ1v) is 9.57. The van der Waals surface area contributed by atoms with Crippen molar-refractivity contribution in [2.75, 3.05) is 13.1 Å². The normalized spacial score (nSPS) is 20.0. The Morgan fingerprint density at radius 3 is 2.67 bits per heavy atom. The predicted molar refractivity (Wildman–Crippen MR) is 93.1 cm³/mol. The van der Waals surface area contributed by atoms with E-state index in [4.69, 9.17) is 9.51 Å². The highest BCUT2D eigenvalue weighted by molar-refractivity contribution is 7.18. The molecule has 0 spiro atoms. The molecule has 2 aromatic heterocycles. The first-order valence-electron chi connectivity index (χ1n) is 8.75. The first-order chi connectivity index (χ1) is 11.8. The third-order valence-electron chi connectivity index (χ3n) is 5.03. The van der Waals surface area contributed by atoms with Gasteiger partial charge in [-0.1, -0.05) is 17.3 Å². The molecular weight excluding hydrogens is 320 g/mol. The molecule has 3 aromatic rings. The van der Waals surface area contributed by atoms with Gasteiger partial charge in [-0.05, 0) is 50.9 Å². The summed E-state index contributed by atoms with van der Waals surface area (Å²) in [6.45, 7) is 2.93. The highest BCUT2D eigenvalue weighted by Gasteiger charge is 2.29. The van der Waals surface area contributed by atoms with Crippen molar-refractivity contribution in [1.82, 2.24) is 20.0 Å². The summed E-state index contributed by atoms with van der Waals surface area (Å²) in [5.41, 5.74) is 1.14. The van der Waals surface area contributed by atoms with Crippen LogP contribution in [0.15, 0.2) is 28.8 Å². The second-order valence-corrected chi connectivity index (χ2v) is 7.95. The van der Waals surface area contributed by atoms with Gasteiger partial charge in [0.25, 0.3) is 0 Å². The van der Waals surface area contributed by atoms with Gasteiger partial charge in [0, 0.05) is 11.8 Å². The molecule has 6 heteroatoms. The lowest BCUT2D eigenvalue weighted by Crippen LogP contribution is -2.32. The van der Waals surface area contributed by atoms with E-state index in [9.17, 15) is 0 Å². The summed E-state index contributed by atoms with van der Waals surface area (Å²) in [6.07, 6.45) is 4.74. The van der Waals surface area contributed by atoms with Crippen LogP contribution in [0.5, 0.6) is 0 Å². The molecule has 3 heterocycles. The molecule has 0 radical (unpaired) electrons. The molecule has 24 heavy (non-hydrogen) atoms. The van der Waals surface area contributed by atoms with Crippen LogP contribution in [-0.2, 0) is 6.54 Å². The molecule has 1 saturated carbocycles. The number of benzene rings is 1. The van der Waals surface area contributed by atoms with Gasteiger partial charge >= 0.3 is 0 Å². The summed E-state index contributed by atoms with van der Waals surface area (Å²) in [6, 6.07) is 8.43. The van der Waals surface area contributed by atoms with Crippen molar-refractivity contribution in [1.29, 1.82) is 0 Å². The number of para-hydroxylation sites is 1. The largest absolute Gasteiger partial charge is 0.338 e. The van der Waals surface area contributed by atoms with Crippen LogP contribution in [0.1, 0.15) is 54.2 Å². The average Bonchev–Trinajstić information content (AvgIpc) is 3.20. The lowest BCUT2D eigenvalue weighted by molar-refractivity contribution is 0.181. The summed E-state index contributed by atoms with van der Waals surface area (Å²) >= 11 is 1.85. The third-order valence-corrected chi connectivity index (χ3v) is 6.23. The van der Waals surface area contributed by atoms with E-state index in [1.54, 1.807) is 0 Å². The van der Waals surface area contributed by atoms with Gasteiger partial charge in [0.1, 0.15) is 0 Å². The quantitative estimate of drug-likeness (QED) is 0.720. The number of hydrogen-bond acceptors (Lipinski definition) is 6. The highest BCUT2D eigenvalue weighted by Crippen LogP contribution is 2.38. The van der Waals surface area contributed by atoms with E-state index in [0.717, 1.165) is 49.7 Å². The number of fused-ring (bicyclic) bond motifs is 1. The predicted octanol–water partition coefficient (Wildman–Crippen LogP) is 3.94. The summed E-state index contributed by atoms with van der Waals surface area (Å²) in [7, 11) is 0. The van der Waals surface area contributed by atoms with Crippen LogP contribution in [0, 0.1) is 0 Å². The number of aromatic nitrogens is 3.